The first-order valence-corrected chi connectivity index (χ1v) is 4.86. The van der Waals surface area contributed by atoms with Crippen LogP contribution >= 0.6 is 27.5 Å². The molecule has 2 rings (SSSR count). The molecular formula is C10H7BrCl. The van der Waals surface area contributed by atoms with E-state index in [1.54, 1.807) is 0 Å². The Hall–Kier alpha value is -0.270. The van der Waals surface area contributed by atoms with E-state index in [2.05, 4.69) is 35.4 Å². The van der Waals surface area contributed by atoms with Gasteiger partial charge in [-0.25, -0.2) is 0 Å². The highest BCUT2D eigenvalue weighted by Gasteiger charge is 2.13. The molecule has 1 aromatic carbocycles. The Morgan fingerprint density at radius 2 is 2.08 bits per heavy atom. The van der Waals surface area contributed by atoms with E-state index < -0.39 is 0 Å². The molecule has 0 atom stereocenters. The summed E-state index contributed by atoms with van der Waals surface area (Å²) in [6, 6.07) is 3.90. The Labute approximate surface area is 85.4 Å². The lowest BCUT2D eigenvalue weighted by atomic mass is 10.1. The number of hydrogen-bond donors (Lipinski definition) is 0. The van der Waals surface area contributed by atoms with Gasteiger partial charge in [-0.1, -0.05) is 39.2 Å². The van der Waals surface area contributed by atoms with Crippen molar-refractivity contribution in [1.29, 1.82) is 0 Å². The van der Waals surface area contributed by atoms with Crippen molar-refractivity contribution in [2.75, 3.05) is 0 Å². The minimum absolute atomic E-state index is 0.778. The van der Waals surface area contributed by atoms with Gasteiger partial charge in [0.1, 0.15) is 0 Å². The van der Waals surface area contributed by atoms with E-state index in [1.165, 1.54) is 16.7 Å². The Balaban J connectivity index is 2.62. The normalized spacial score (nSPS) is 14.4. The highest BCUT2D eigenvalue weighted by molar-refractivity contribution is 9.10. The molecule has 1 aliphatic carbocycles. The molecule has 1 aliphatic rings. The maximum Gasteiger partial charge on any atom is 0.0420 e. The largest absolute Gasteiger partial charge is 0.0843 e. The second kappa shape index (κ2) is 2.90. The van der Waals surface area contributed by atoms with E-state index >= 15 is 0 Å². The van der Waals surface area contributed by atoms with Crippen LogP contribution in [0.15, 0.2) is 22.2 Å². The first kappa shape index (κ1) is 8.33. The zero-order valence-corrected chi connectivity index (χ0v) is 8.91. The van der Waals surface area contributed by atoms with Gasteiger partial charge in [-0.05, 0) is 30.2 Å². The van der Waals surface area contributed by atoms with Crippen LogP contribution in [0.1, 0.15) is 18.1 Å². The summed E-state index contributed by atoms with van der Waals surface area (Å²) in [5.74, 6) is 0. The van der Waals surface area contributed by atoms with Crippen molar-refractivity contribution in [2.45, 2.75) is 6.92 Å². The van der Waals surface area contributed by atoms with Crippen molar-refractivity contribution < 1.29 is 0 Å². The van der Waals surface area contributed by atoms with Gasteiger partial charge >= 0.3 is 0 Å². The third kappa shape index (κ3) is 1.32. The lowest BCUT2D eigenvalue weighted by molar-refractivity contribution is 1.44. The monoisotopic (exact) mass is 241 g/mol. The summed E-state index contributed by atoms with van der Waals surface area (Å²) in [5.41, 5.74) is 3.71. The van der Waals surface area contributed by atoms with Crippen LogP contribution < -0.4 is 0 Å². The number of allylic oxidation sites excluding steroid dienone is 1. The van der Waals surface area contributed by atoms with Crippen molar-refractivity contribution in [2.24, 2.45) is 0 Å². The SMILES string of the molecule is CC1=Cc2c(Br)cc(Cl)cc2[CH]1. The van der Waals surface area contributed by atoms with Crippen LogP contribution in [0.4, 0.5) is 0 Å². The molecule has 0 aromatic heterocycles. The molecular weight excluding hydrogens is 235 g/mol. The van der Waals surface area contributed by atoms with Crippen LogP contribution in [0, 0.1) is 6.42 Å². The lowest BCUT2D eigenvalue weighted by Gasteiger charge is -2.01. The highest BCUT2D eigenvalue weighted by Crippen LogP contribution is 2.34. The zero-order valence-electron chi connectivity index (χ0n) is 6.57. The maximum absolute atomic E-state index is 5.90. The van der Waals surface area contributed by atoms with Gasteiger partial charge in [-0.15, -0.1) is 0 Å². The average molecular weight is 243 g/mol. The predicted octanol–water partition coefficient (Wildman–Crippen LogP) is 4.07. The van der Waals surface area contributed by atoms with Crippen LogP contribution in [0.25, 0.3) is 6.08 Å². The average Bonchev–Trinajstić information content (AvgIpc) is 2.29. The zero-order chi connectivity index (χ0) is 8.72. The molecule has 0 bridgehead atoms. The fraction of sp³-hybridized carbons (Fsp3) is 0.100. The molecule has 61 valence electrons. The molecule has 2 heteroatoms. The molecule has 1 radical (unpaired) electrons. The Bertz CT molecular complexity index is 366. The summed E-state index contributed by atoms with van der Waals surface area (Å²) in [6.45, 7) is 2.08. The van der Waals surface area contributed by atoms with Gasteiger partial charge in [0.2, 0.25) is 0 Å². The summed E-state index contributed by atoms with van der Waals surface area (Å²) < 4.78 is 1.07. The van der Waals surface area contributed by atoms with Crippen LogP contribution in [0.5, 0.6) is 0 Å². The van der Waals surface area contributed by atoms with Gasteiger partial charge in [0.25, 0.3) is 0 Å². The third-order valence-electron chi connectivity index (χ3n) is 1.88. The third-order valence-corrected chi connectivity index (χ3v) is 2.76. The lowest BCUT2D eigenvalue weighted by Crippen LogP contribution is -1.81. The first-order chi connectivity index (χ1) is 5.66. The van der Waals surface area contributed by atoms with Gasteiger partial charge in [0.15, 0.2) is 0 Å². The molecule has 0 fully saturated rings. The first-order valence-electron chi connectivity index (χ1n) is 3.69. The Kier molecular flexibility index (Phi) is 2.01. The molecule has 0 saturated carbocycles. The van der Waals surface area contributed by atoms with Crippen LogP contribution in [-0.2, 0) is 0 Å². The molecule has 0 aliphatic heterocycles. The van der Waals surface area contributed by atoms with E-state index in [9.17, 15) is 0 Å². The van der Waals surface area contributed by atoms with Gasteiger partial charge in [0.05, 0.1) is 0 Å². The van der Waals surface area contributed by atoms with E-state index in [-0.39, 0.29) is 0 Å². The summed E-state index contributed by atoms with van der Waals surface area (Å²) in [4.78, 5) is 0. The molecule has 1 aromatic rings. The van der Waals surface area contributed by atoms with E-state index in [0.29, 0.717) is 0 Å². The molecule has 0 heterocycles. The topological polar surface area (TPSA) is 0 Å². The number of fused-ring (bicyclic) bond motifs is 1. The Morgan fingerprint density at radius 3 is 2.83 bits per heavy atom. The van der Waals surface area contributed by atoms with Gasteiger partial charge in [0, 0.05) is 15.9 Å². The van der Waals surface area contributed by atoms with E-state index in [1.807, 2.05) is 12.1 Å². The molecule has 0 amide bonds. The fourth-order valence-electron chi connectivity index (χ4n) is 1.39. The molecule has 0 unspecified atom stereocenters. The van der Waals surface area contributed by atoms with Gasteiger partial charge in [-0.2, -0.15) is 0 Å². The molecule has 0 nitrogen and oxygen atoms in total. The number of halogens is 2. The number of benzene rings is 1. The fourth-order valence-corrected chi connectivity index (χ4v) is 2.34. The van der Waals surface area contributed by atoms with Crippen molar-refractivity contribution in [3.05, 3.63) is 44.7 Å². The second-order valence-electron chi connectivity index (χ2n) is 2.92. The smallest absolute Gasteiger partial charge is 0.0420 e. The van der Waals surface area contributed by atoms with E-state index in [0.717, 1.165) is 9.50 Å². The number of hydrogen-bond acceptors (Lipinski definition) is 0. The predicted molar refractivity (Wildman–Crippen MR) is 56.2 cm³/mol. The molecule has 0 spiro atoms. The summed E-state index contributed by atoms with van der Waals surface area (Å²) in [6.07, 6.45) is 4.28. The quantitative estimate of drug-likeness (QED) is 0.643. The second-order valence-corrected chi connectivity index (χ2v) is 4.21. The van der Waals surface area contributed by atoms with Crippen molar-refractivity contribution in [3.63, 3.8) is 0 Å². The summed E-state index contributed by atoms with van der Waals surface area (Å²) >= 11 is 9.38. The van der Waals surface area contributed by atoms with Crippen LogP contribution in [0.3, 0.4) is 0 Å². The summed E-state index contributed by atoms with van der Waals surface area (Å²) in [7, 11) is 0. The molecule has 0 saturated heterocycles. The van der Waals surface area contributed by atoms with Gasteiger partial charge < -0.3 is 0 Å². The van der Waals surface area contributed by atoms with Crippen LogP contribution in [-0.4, -0.2) is 0 Å². The molecule has 0 N–H and O–H groups in total. The van der Waals surface area contributed by atoms with Crippen molar-refractivity contribution in [1.82, 2.24) is 0 Å². The Morgan fingerprint density at radius 1 is 1.33 bits per heavy atom. The summed E-state index contributed by atoms with van der Waals surface area (Å²) in [5, 5.41) is 0.778. The van der Waals surface area contributed by atoms with Crippen molar-refractivity contribution in [3.8, 4) is 0 Å². The van der Waals surface area contributed by atoms with Crippen LogP contribution in [0.2, 0.25) is 5.02 Å². The standard InChI is InChI=1S/C10H7BrCl/c1-6-2-7-4-8(12)5-10(11)9(7)3-6/h2-5H,1H3. The highest BCUT2D eigenvalue weighted by atomic mass is 79.9. The van der Waals surface area contributed by atoms with E-state index in [4.69, 9.17) is 11.6 Å². The minimum Gasteiger partial charge on any atom is -0.0843 e. The van der Waals surface area contributed by atoms with Gasteiger partial charge in [-0.3, -0.25) is 0 Å². The molecule has 12 heavy (non-hydrogen) atoms. The maximum atomic E-state index is 5.90. The number of rotatable bonds is 0. The van der Waals surface area contributed by atoms with Crippen molar-refractivity contribution >= 4 is 33.6 Å². The minimum atomic E-state index is 0.778.